The number of ether oxygens (including phenoxy) is 1. The van der Waals surface area contributed by atoms with Crippen molar-refractivity contribution in [3.63, 3.8) is 0 Å². The zero-order chi connectivity index (χ0) is 15.0. The molecule has 0 bridgehead atoms. The van der Waals surface area contributed by atoms with Crippen LogP contribution in [0.4, 0.5) is 0 Å². The Hall–Kier alpha value is -1.07. The highest BCUT2D eigenvalue weighted by Gasteiger charge is 2.40. The van der Waals surface area contributed by atoms with Crippen molar-refractivity contribution in [1.29, 1.82) is 0 Å². The number of nitrogens with two attached hydrogens (primary N) is 1. The maximum Gasteiger partial charge on any atom is 0.255 e. The minimum Gasteiger partial charge on any atom is -0.497 e. The molecule has 1 heterocycles. The average Bonchev–Trinajstić information content (AvgIpc) is 2.93. The molecular formula is C16H21BrN2O2. The lowest BCUT2D eigenvalue weighted by Crippen LogP contribution is -2.38. The summed E-state index contributed by atoms with van der Waals surface area (Å²) in [6.07, 6.45) is 3.47. The van der Waals surface area contributed by atoms with E-state index in [0.29, 0.717) is 23.1 Å². The molecule has 3 atom stereocenters. The first-order valence-electron chi connectivity index (χ1n) is 7.48. The molecule has 1 aromatic carbocycles. The largest absolute Gasteiger partial charge is 0.497 e. The van der Waals surface area contributed by atoms with E-state index in [4.69, 9.17) is 10.5 Å². The average molecular weight is 353 g/mol. The number of hydrogen-bond acceptors (Lipinski definition) is 3. The minimum absolute atomic E-state index is 0.0716. The van der Waals surface area contributed by atoms with Crippen molar-refractivity contribution in [1.82, 2.24) is 4.90 Å². The predicted molar refractivity (Wildman–Crippen MR) is 85.4 cm³/mol. The van der Waals surface area contributed by atoms with Crippen molar-refractivity contribution in [3.05, 3.63) is 28.2 Å². The second-order valence-electron chi connectivity index (χ2n) is 6.07. The topological polar surface area (TPSA) is 55.6 Å². The van der Waals surface area contributed by atoms with Crippen LogP contribution in [0.3, 0.4) is 0 Å². The fourth-order valence-electron chi connectivity index (χ4n) is 3.65. The number of nitrogens with zero attached hydrogens (tertiary/aromatic N) is 1. The Balaban J connectivity index is 1.80. The molecule has 3 unspecified atom stereocenters. The van der Waals surface area contributed by atoms with Crippen molar-refractivity contribution >= 4 is 21.8 Å². The fraction of sp³-hybridized carbons (Fsp3) is 0.562. The second kappa shape index (κ2) is 5.97. The van der Waals surface area contributed by atoms with Gasteiger partial charge in [0.05, 0.1) is 12.7 Å². The molecule has 0 radical (unpaired) electrons. The third-order valence-corrected chi connectivity index (χ3v) is 5.54. The Morgan fingerprint density at radius 1 is 1.38 bits per heavy atom. The Kier molecular flexibility index (Phi) is 4.22. The van der Waals surface area contributed by atoms with E-state index in [9.17, 15) is 4.79 Å². The first kappa shape index (κ1) is 14.9. The molecule has 2 aliphatic rings. The quantitative estimate of drug-likeness (QED) is 0.889. The van der Waals surface area contributed by atoms with Crippen molar-refractivity contribution in [3.8, 4) is 5.75 Å². The monoisotopic (exact) mass is 352 g/mol. The molecule has 0 aromatic heterocycles. The van der Waals surface area contributed by atoms with Gasteiger partial charge in [0, 0.05) is 23.6 Å². The number of carbonyl (C=O) groups excluding carboxylic acids is 1. The summed E-state index contributed by atoms with van der Waals surface area (Å²) in [4.78, 5) is 14.7. The maximum absolute atomic E-state index is 12.8. The zero-order valence-electron chi connectivity index (χ0n) is 12.2. The number of carbonyl (C=O) groups is 1. The van der Waals surface area contributed by atoms with Crippen molar-refractivity contribution < 1.29 is 9.53 Å². The zero-order valence-corrected chi connectivity index (χ0v) is 13.8. The number of likely N-dealkylation sites (tertiary alicyclic amines) is 1. The van der Waals surface area contributed by atoms with Gasteiger partial charge in [-0.05, 0) is 58.8 Å². The lowest BCUT2D eigenvalue weighted by Gasteiger charge is -2.29. The molecule has 1 saturated carbocycles. The number of rotatable bonds is 2. The Morgan fingerprint density at radius 2 is 2.19 bits per heavy atom. The molecule has 3 rings (SSSR count). The fourth-order valence-corrected chi connectivity index (χ4v) is 4.06. The number of fused-ring (bicyclic) bond motifs is 1. The second-order valence-corrected chi connectivity index (χ2v) is 6.93. The van der Waals surface area contributed by atoms with Crippen LogP contribution >= 0.6 is 15.9 Å². The molecule has 1 saturated heterocycles. The lowest BCUT2D eigenvalue weighted by atomic mass is 9.78. The van der Waals surface area contributed by atoms with Gasteiger partial charge in [-0.3, -0.25) is 4.79 Å². The summed E-state index contributed by atoms with van der Waals surface area (Å²) in [6.45, 7) is 1.62. The summed E-state index contributed by atoms with van der Waals surface area (Å²) in [5.74, 6) is 1.81. The molecule has 2 fully saturated rings. The summed E-state index contributed by atoms with van der Waals surface area (Å²) in [5.41, 5.74) is 6.90. The predicted octanol–water partition coefficient (Wildman–Crippen LogP) is 2.66. The standard InChI is InChI=1S/C16H21BrN2O2/c1-21-11-5-6-14(17)12(7-11)16(20)19-8-10-3-2-4-15(18)13(10)9-19/h5-7,10,13,15H,2-4,8-9,18H2,1H3. The van der Waals surface area contributed by atoms with Crippen LogP contribution in [0.5, 0.6) is 5.75 Å². The van der Waals surface area contributed by atoms with E-state index in [2.05, 4.69) is 15.9 Å². The van der Waals surface area contributed by atoms with Gasteiger partial charge in [-0.25, -0.2) is 0 Å². The Morgan fingerprint density at radius 3 is 2.90 bits per heavy atom. The molecule has 1 aliphatic heterocycles. The lowest BCUT2D eigenvalue weighted by molar-refractivity contribution is 0.0782. The molecule has 4 nitrogen and oxygen atoms in total. The summed E-state index contributed by atoms with van der Waals surface area (Å²) >= 11 is 3.47. The first-order chi connectivity index (χ1) is 10.1. The Bertz CT molecular complexity index is 549. The number of amides is 1. The highest BCUT2D eigenvalue weighted by atomic mass is 79.9. The van der Waals surface area contributed by atoms with Crippen LogP contribution in [0.2, 0.25) is 0 Å². The van der Waals surface area contributed by atoms with Crippen LogP contribution in [0, 0.1) is 11.8 Å². The van der Waals surface area contributed by atoms with Gasteiger partial charge in [0.2, 0.25) is 0 Å². The normalized spacial score (nSPS) is 28.3. The van der Waals surface area contributed by atoms with E-state index in [-0.39, 0.29) is 11.9 Å². The van der Waals surface area contributed by atoms with Crippen LogP contribution in [0.1, 0.15) is 29.6 Å². The van der Waals surface area contributed by atoms with Crippen molar-refractivity contribution in [2.45, 2.75) is 25.3 Å². The van der Waals surface area contributed by atoms with Crippen LogP contribution in [-0.2, 0) is 0 Å². The summed E-state index contributed by atoms with van der Waals surface area (Å²) < 4.78 is 6.04. The highest BCUT2D eigenvalue weighted by Crippen LogP contribution is 2.36. The molecule has 0 spiro atoms. The van der Waals surface area contributed by atoms with Crippen molar-refractivity contribution in [2.24, 2.45) is 17.6 Å². The van der Waals surface area contributed by atoms with E-state index in [1.54, 1.807) is 13.2 Å². The van der Waals surface area contributed by atoms with Gasteiger partial charge in [0.15, 0.2) is 0 Å². The summed E-state index contributed by atoms with van der Waals surface area (Å²) in [5, 5.41) is 0. The number of methoxy groups -OCH3 is 1. The van der Waals surface area contributed by atoms with Crippen LogP contribution in [0.15, 0.2) is 22.7 Å². The minimum atomic E-state index is 0.0716. The smallest absolute Gasteiger partial charge is 0.255 e. The van der Waals surface area contributed by atoms with E-state index < -0.39 is 0 Å². The van der Waals surface area contributed by atoms with Crippen LogP contribution in [0.25, 0.3) is 0 Å². The molecular weight excluding hydrogens is 332 g/mol. The van der Waals surface area contributed by atoms with Crippen LogP contribution < -0.4 is 10.5 Å². The number of halogens is 1. The van der Waals surface area contributed by atoms with Gasteiger partial charge in [-0.2, -0.15) is 0 Å². The van der Waals surface area contributed by atoms with Gasteiger partial charge in [-0.1, -0.05) is 6.42 Å². The van der Waals surface area contributed by atoms with Gasteiger partial charge in [0.1, 0.15) is 5.75 Å². The van der Waals surface area contributed by atoms with Gasteiger partial charge < -0.3 is 15.4 Å². The highest BCUT2D eigenvalue weighted by molar-refractivity contribution is 9.10. The summed E-state index contributed by atoms with van der Waals surface area (Å²) in [6, 6.07) is 5.76. The number of benzene rings is 1. The van der Waals surface area contributed by atoms with E-state index in [0.717, 1.165) is 24.0 Å². The molecule has 1 aromatic rings. The Labute approximate surface area is 133 Å². The molecule has 2 N–H and O–H groups in total. The number of hydrogen-bond donors (Lipinski definition) is 1. The van der Waals surface area contributed by atoms with Crippen LogP contribution in [-0.4, -0.2) is 37.0 Å². The molecule has 5 heteroatoms. The van der Waals surface area contributed by atoms with E-state index in [1.807, 2.05) is 17.0 Å². The van der Waals surface area contributed by atoms with Gasteiger partial charge in [-0.15, -0.1) is 0 Å². The van der Waals surface area contributed by atoms with E-state index >= 15 is 0 Å². The molecule has 21 heavy (non-hydrogen) atoms. The van der Waals surface area contributed by atoms with Gasteiger partial charge in [0.25, 0.3) is 5.91 Å². The maximum atomic E-state index is 12.8. The molecule has 114 valence electrons. The third-order valence-electron chi connectivity index (χ3n) is 4.85. The van der Waals surface area contributed by atoms with Gasteiger partial charge >= 0.3 is 0 Å². The first-order valence-corrected chi connectivity index (χ1v) is 8.28. The van der Waals surface area contributed by atoms with E-state index in [1.165, 1.54) is 12.8 Å². The summed E-state index contributed by atoms with van der Waals surface area (Å²) in [7, 11) is 1.61. The SMILES string of the molecule is COc1ccc(Br)c(C(=O)N2CC3CCCC(N)C3C2)c1. The molecule has 1 amide bonds. The van der Waals surface area contributed by atoms with Crippen molar-refractivity contribution in [2.75, 3.05) is 20.2 Å². The third kappa shape index (κ3) is 2.81. The molecule has 1 aliphatic carbocycles.